The molecule has 0 aromatic rings. The van der Waals surface area contributed by atoms with Crippen LogP contribution >= 0.6 is 0 Å². The summed E-state index contributed by atoms with van der Waals surface area (Å²) in [4.78, 5) is 24.7. The van der Waals surface area contributed by atoms with Gasteiger partial charge in [0, 0.05) is 0 Å². The van der Waals surface area contributed by atoms with Crippen LogP contribution in [-0.2, 0) is 19.1 Å². The quantitative estimate of drug-likeness (QED) is 0.174. The average molecular weight is 439 g/mol. The smallest absolute Gasteiger partial charge is 0.308 e. The molecule has 4 nitrogen and oxygen atoms in total. The molecule has 0 aliphatic heterocycles. The zero-order valence-electron chi connectivity index (χ0n) is 21.0. The molecule has 2 atom stereocenters. The molecule has 4 heteroatoms. The van der Waals surface area contributed by atoms with E-state index in [0.717, 1.165) is 50.9 Å². The Morgan fingerprint density at radius 3 is 1.58 bits per heavy atom. The first-order valence-corrected chi connectivity index (χ1v) is 13.2. The monoisotopic (exact) mass is 438 g/mol. The molecular formula is C27H50O4. The summed E-state index contributed by atoms with van der Waals surface area (Å²) in [5, 5.41) is 0. The molecule has 0 aromatic carbocycles. The van der Waals surface area contributed by atoms with Gasteiger partial charge in [0.15, 0.2) is 0 Å². The predicted octanol–water partition coefficient (Wildman–Crippen LogP) is 7.48. The Morgan fingerprint density at radius 1 is 0.645 bits per heavy atom. The second-order valence-electron chi connectivity index (χ2n) is 10.4. The van der Waals surface area contributed by atoms with Crippen LogP contribution in [0.5, 0.6) is 0 Å². The Morgan fingerprint density at radius 2 is 1.06 bits per heavy atom. The van der Waals surface area contributed by atoms with Gasteiger partial charge in [-0.25, -0.2) is 0 Å². The molecule has 0 spiro atoms. The molecule has 1 aliphatic carbocycles. The zero-order chi connectivity index (χ0) is 22.9. The second kappa shape index (κ2) is 17.5. The summed E-state index contributed by atoms with van der Waals surface area (Å²) in [5.74, 6) is 0.967. The minimum Gasteiger partial charge on any atom is -0.465 e. The normalized spacial score (nSPS) is 19.0. The predicted molar refractivity (Wildman–Crippen MR) is 128 cm³/mol. The van der Waals surface area contributed by atoms with Crippen LogP contribution < -0.4 is 0 Å². The Hall–Kier alpha value is -1.06. The van der Waals surface area contributed by atoms with Gasteiger partial charge in [-0.05, 0) is 50.4 Å². The van der Waals surface area contributed by atoms with E-state index in [-0.39, 0.29) is 23.8 Å². The lowest BCUT2D eigenvalue weighted by molar-refractivity contribution is -0.155. The van der Waals surface area contributed by atoms with Crippen LogP contribution in [-0.4, -0.2) is 25.2 Å². The maximum atomic E-state index is 12.4. The number of carbonyl (C=O) groups excluding carboxylic acids is 2. The van der Waals surface area contributed by atoms with Crippen LogP contribution in [0, 0.1) is 23.7 Å². The highest BCUT2D eigenvalue weighted by Gasteiger charge is 2.32. The molecule has 0 radical (unpaired) electrons. The van der Waals surface area contributed by atoms with Gasteiger partial charge < -0.3 is 9.47 Å². The van der Waals surface area contributed by atoms with Gasteiger partial charge in [0.1, 0.15) is 0 Å². The number of carbonyl (C=O) groups is 2. The molecule has 1 rings (SSSR count). The van der Waals surface area contributed by atoms with Crippen LogP contribution in [0.4, 0.5) is 0 Å². The van der Waals surface area contributed by atoms with E-state index in [1.54, 1.807) is 0 Å². The third kappa shape index (κ3) is 14.6. The Labute approximate surface area is 192 Å². The Kier molecular flexibility index (Phi) is 15.8. The maximum absolute atomic E-state index is 12.4. The van der Waals surface area contributed by atoms with E-state index < -0.39 is 0 Å². The Balaban J connectivity index is 2.05. The molecule has 0 N–H and O–H groups in total. The highest BCUT2D eigenvalue weighted by molar-refractivity contribution is 5.76. The lowest BCUT2D eigenvalue weighted by Gasteiger charge is -2.26. The number of ether oxygens (including phenoxy) is 2. The highest BCUT2D eigenvalue weighted by Crippen LogP contribution is 2.31. The summed E-state index contributed by atoms with van der Waals surface area (Å²) in [6.45, 7) is 9.96. The van der Waals surface area contributed by atoms with E-state index in [1.165, 1.54) is 44.9 Å². The molecule has 182 valence electrons. The molecule has 1 saturated carbocycles. The lowest BCUT2D eigenvalue weighted by atomic mass is 9.81. The van der Waals surface area contributed by atoms with E-state index in [9.17, 15) is 9.59 Å². The van der Waals surface area contributed by atoms with E-state index in [2.05, 4.69) is 27.7 Å². The van der Waals surface area contributed by atoms with Gasteiger partial charge in [0.2, 0.25) is 0 Å². The summed E-state index contributed by atoms with van der Waals surface area (Å²) in [6, 6.07) is 0. The van der Waals surface area contributed by atoms with Crippen molar-refractivity contribution < 1.29 is 19.1 Å². The summed E-state index contributed by atoms with van der Waals surface area (Å²) in [5.41, 5.74) is 0. The maximum Gasteiger partial charge on any atom is 0.308 e. The molecule has 0 heterocycles. The van der Waals surface area contributed by atoms with Crippen molar-refractivity contribution in [2.75, 3.05) is 13.2 Å². The van der Waals surface area contributed by atoms with Gasteiger partial charge in [-0.3, -0.25) is 9.59 Å². The van der Waals surface area contributed by atoms with Crippen LogP contribution in [0.1, 0.15) is 124 Å². The zero-order valence-corrected chi connectivity index (χ0v) is 21.0. The number of esters is 2. The van der Waals surface area contributed by atoms with Crippen molar-refractivity contribution in [3.05, 3.63) is 0 Å². The summed E-state index contributed by atoms with van der Waals surface area (Å²) in [7, 11) is 0. The SMILES string of the molecule is CC(C)CCCCCCCCCCOC(=O)C1CCCC(C(=O)OCCCC(C)C)C1. The Bertz CT molecular complexity index is 472. The fourth-order valence-electron chi connectivity index (χ4n) is 4.41. The lowest BCUT2D eigenvalue weighted by Crippen LogP contribution is -2.30. The van der Waals surface area contributed by atoms with Crippen molar-refractivity contribution >= 4 is 11.9 Å². The van der Waals surface area contributed by atoms with E-state index >= 15 is 0 Å². The van der Waals surface area contributed by atoms with Crippen molar-refractivity contribution in [2.45, 2.75) is 124 Å². The molecule has 1 fully saturated rings. The molecule has 0 bridgehead atoms. The largest absolute Gasteiger partial charge is 0.465 e. The van der Waals surface area contributed by atoms with Gasteiger partial charge in [0.25, 0.3) is 0 Å². The number of unbranched alkanes of at least 4 members (excludes halogenated alkanes) is 7. The van der Waals surface area contributed by atoms with E-state index in [1.807, 2.05) is 0 Å². The van der Waals surface area contributed by atoms with Gasteiger partial charge in [-0.2, -0.15) is 0 Å². The molecule has 0 aromatic heterocycles. The second-order valence-corrected chi connectivity index (χ2v) is 10.4. The van der Waals surface area contributed by atoms with Crippen molar-refractivity contribution in [3.63, 3.8) is 0 Å². The molecule has 1 aliphatic rings. The van der Waals surface area contributed by atoms with Crippen molar-refractivity contribution in [3.8, 4) is 0 Å². The third-order valence-electron chi connectivity index (χ3n) is 6.43. The number of hydrogen-bond acceptors (Lipinski definition) is 4. The van der Waals surface area contributed by atoms with Crippen molar-refractivity contribution in [2.24, 2.45) is 23.7 Å². The summed E-state index contributed by atoms with van der Waals surface area (Å²) in [6.07, 6.45) is 16.5. The van der Waals surface area contributed by atoms with Gasteiger partial charge >= 0.3 is 11.9 Å². The summed E-state index contributed by atoms with van der Waals surface area (Å²) < 4.78 is 11.0. The van der Waals surface area contributed by atoms with Crippen LogP contribution in [0.25, 0.3) is 0 Å². The van der Waals surface area contributed by atoms with Crippen molar-refractivity contribution in [1.82, 2.24) is 0 Å². The van der Waals surface area contributed by atoms with Gasteiger partial charge in [-0.15, -0.1) is 0 Å². The molecule has 2 unspecified atom stereocenters. The van der Waals surface area contributed by atoms with E-state index in [0.29, 0.717) is 25.6 Å². The molecule has 31 heavy (non-hydrogen) atoms. The number of rotatable bonds is 17. The average Bonchev–Trinajstić information content (AvgIpc) is 2.74. The third-order valence-corrected chi connectivity index (χ3v) is 6.43. The van der Waals surface area contributed by atoms with E-state index in [4.69, 9.17) is 9.47 Å². The van der Waals surface area contributed by atoms with Crippen LogP contribution in [0.2, 0.25) is 0 Å². The van der Waals surface area contributed by atoms with Crippen LogP contribution in [0.15, 0.2) is 0 Å². The number of hydrogen-bond donors (Lipinski definition) is 0. The molecular weight excluding hydrogens is 388 g/mol. The van der Waals surface area contributed by atoms with Crippen LogP contribution in [0.3, 0.4) is 0 Å². The highest BCUT2D eigenvalue weighted by atomic mass is 16.5. The molecule has 0 amide bonds. The van der Waals surface area contributed by atoms with Crippen molar-refractivity contribution in [1.29, 1.82) is 0 Å². The molecule has 0 saturated heterocycles. The fraction of sp³-hybridized carbons (Fsp3) is 0.926. The van der Waals surface area contributed by atoms with Gasteiger partial charge in [0.05, 0.1) is 25.0 Å². The first-order valence-electron chi connectivity index (χ1n) is 13.2. The fourth-order valence-corrected chi connectivity index (χ4v) is 4.41. The topological polar surface area (TPSA) is 52.6 Å². The van der Waals surface area contributed by atoms with Gasteiger partial charge in [-0.1, -0.05) is 85.5 Å². The minimum atomic E-state index is -0.133. The first kappa shape index (κ1) is 28.0. The minimum absolute atomic E-state index is 0.109. The standard InChI is InChI=1S/C27H50O4/c1-22(2)15-11-9-7-5-6-8-10-12-19-30-26(28)24-17-13-18-25(21-24)27(29)31-20-14-16-23(3)4/h22-25H,5-21H2,1-4H3. The summed E-state index contributed by atoms with van der Waals surface area (Å²) >= 11 is 0. The first-order chi connectivity index (χ1) is 14.9.